The molecule has 0 heterocycles. The van der Waals surface area contributed by atoms with Gasteiger partial charge in [0.25, 0.3) is 0 Å². The number of rotatable bonds is 10. The molecular formula is C21H22F2N2O6. The summed E-state index contributed by atoms with van der Waals surface area (Å²) in [6.07, 6.45) is 0. The smallest absolute Gasteiger partial charge is 0.387 e. The molecule has 0 aliphatic rings. The molecular weight excluding hydrogens is 414 g/mol. The molecule has 166 valence electrons. The van der Waals surface area contributed by atoms with Crippen LogP contribution in [0.5, 0.6) is 5.75 Å². The van der Waals surface area contributed by atoms with Gasteiger partial charge in [-0.1, -0.05) is 12.1 Å². The quantitative estimate of drug-likeness (QED) is 0.548. The lowest BCUT2D eigenvalue weighted by atomic mass is 10.1. The predicted molar refractivity (Wildman–Crippen MR) is 109 cm³/mol. The van der Waals surface area contributed by atoms with Crippen LogP contribution in [0.25, 0.3) is 0 Å². The van der Waals surface area contributed by atoms with Gasteiger partial charge in [-0.25, -0.2) is 9.59 Å². The highest BCUT2D eigenvalue weighted by molar-refractivity contribution is 5.98. The van der Waals surface area contributed by atoms with Crippen molar-refractivity contribution in [3.8, 4) is 5.75 Å². The standard InChI is InChI=1S/C21H22F2N2O6/c1-3-29-19(27)13-9-14(20(28)30-4-2)11-15(10-13)24-12-18(26)25-16-7-5-6-8-17(16)31-21(22)23/h5-11,21,24H,3-4,12H2,1-2H3,(H,25,26). The van der Waals surface area contributed by atoms with Crippen LogP contribution in [0.3, 0.4) is 0 Å². The highest BCUT2D eigenvalue weighted by atomic mass is 19.3. The Balaban J connectivity index is 2.14. The van der Waals surface area contributed by atoms with E-state index in [9.17, 15) is 23.2 Å². The Morgan fingerprint density at radius 3 is 2.06 bits per heavy atom. The third-order valence-corrected chi connectivity index (χ3v) is 3.79. The fraction of sp³-hybridized carbons (Fsp3) is 0.286. The van der Waals surface area contributed by atoms with Crippen LogP contribution in [-0.2, 0) is 14.3 Å². The molecule has 2 aromatic carbocycles. The molecule has 0 aliphatic heterocycles. The van der Waals surface area contributed by atoms with Crippen LogP contribution in [0.4, 0.5) is 20.2 Å². The lowest BCUT2D eigenvalue weighted by Gasteiger charge is -2.13. The van der Waals surface area contributed by atoms with E-state index in [-0.39, 0.29) is 42.3 Å². The van der Waals surface area contributed by atoms with E-state index in [2.05, 4.69) is 15.4 Å². The highest BCUT2D eigenvalue weighted by Gasteiger charge is 2.16. The zero-order valence-electron chi connectivity index (χ0n) is 16.9. The number of halogens is 2. The number of benzene rings is 2. The number of ether oxygens (including phenoxy) is 3. The molecule has 0 spiro atoms. The van der Waals surface area contributed by atoms with Gasteiger partial charge in [0.05, 0.1) is 36.6 Å². The Morgan fingerprint density at radius 1 is 0.935 bits per heavy atom. The van der Waals surface area contributed by atoms with Crippen LogP contribution in [0, 0.1) is 0 Å². The van der Waals surface area contributed by atoms with E-state index in [0.717, 1.165) is 0 Å². The number of hydrogen-bond acceptors (Lipinski definition) is 7. The minimum absolute atomic E-state index is 0.0714. The maximum absolute atomic E-state index is 12.5. The summed E-state index contributed by atoms with van der Waals surface area (Å²) in [5.41, 5.74) is 0.569. The van der Waals surface area contributed by atoms with E-state index >= 15 is 0 Å². The molecule has 8 nitrogen and oxygen atoms in total. The molecule has 2 rings (SSSR count). The van der Waals surface area contributed by atoms with Crippen LogP contribution in [0.2, 0.25) is 0 Å². The van der Waals surface area contributed by atoms with Crippen LogP contribution >= 0.6 is 0 Å². The second-order valence-electron chi connectivity index (χ2n) is 6.02. The van der Waals surface area contributed by atoms with Crippen molar-refractivity contribution in [3.05, 3.63) is 53.6 Å². The van der Waals surface area contributed by atoms with Crippen molar-refractivity contribution < 1.29 is 37.4 Å². The molecule has 1 amide bonds. The second kappa shape index (κ2) is 11.5. The summed E-state index contributed by atoms with van der Waals surface area (Å²) in [7, 11) is 0. The molecule has 0 fully saturated rings. The van der Waals surface area contributed by atoms with Gasteiger partial charge in [-0.15, -0.1) is 0 Å². The van der Waals surface area contributed by atoms with Gasteiger partial charge in [-0.05, 0) is 44.2 Å². The molecule has 0 saturated carbocycles. The first-order chi connectivity index (χ1) is 14.8. The Morgan fingerprint density at radius 2 is 1.52 bits per heavy atom. The molecule has 0 unspecified atom stereocenters. The van der Waals surface area contributed by atoms with Gasteiger partial charge in [0.1, 0.15) is 5.75 Å². The van der Waals surface area contributed by atoms with Crippen LogP contribution < -0.4 is 15.4 Å². The number of esters is 2. The van der Waals surface area contributed by atoms with Gasteiger partial charge < -0.3 is 24.8 Å². The maximum Gasteiger partial charge on any atom is 0.387 e. The predicted octanol–water partition coefficient (Wildman–Crippen LogP) is 3.69. The SMILES string of the molecule is CCOC(=O)c1cc(NCC(=O)Nc2ccccc2OC(F)F)cc(C(=O)OCC)c1. The van der Waals surface area contributed by atoms with Gasteiger partial charge in [-0.3, -0.25) is 4.79 Å². The highest BCUT2D eigenvalue weighted by Crippen LogP contribution is 2.25. The monoisotopic (exact) mass is 436 g/mol. The zero-order chi connectivity index (χ0) is 22.8. The summed E-state index contributed by atoms with van der Waals surface area (Å²) in [6, 6.07) is 9.92. The lowest BCUT2D eigenvalue weighted by molar-refractivity contribution is -0.114. The van der Waals surface area contributed by atoms with Gasteiger partial charge in [-0.2, -0.15) is 8.78 Å². The number of nitrogens with one attached hydrogen (secondary N) is 2. The van der Waals surface area contributed by atoms with Crippen LogP contribution in [0.1, 0.15) is 34.6 Å². The van der Waals surface area contributed by atoms with Gasteiger partial charge >= 0.3 is 18.6 Å². The topological polar surface area (TPSA) is 103 Å². The van der Waals surface area contributed by atoms with Crippen molar-refractivity contribution in [1.29, 1.82) is 0 Å². The maximum atomic E-state index is 12.5. The molecule has 0 aromatic heterocycles. The first-order valence-corrected chi connectivity index (χ1v) is 9.40. The molecule has 31 heavy (non-hydrogen) atoms. The molecule has 0 aliphatic carbocycles. The molecule has 0 atom stereocenters. The second-order valence-corrected chi connectivity index (χ2v) is 6.02. The number of amides is 1. The lowest BCUT2D eigenvalue weighted by Crippen LogP contribution is -2.22. The fourth-order valence-electron chi connectivity index (χ4n) is 2.54. The Labute approximate surface area is 177 Å². The molecule has 0 bridgehead atoms. The number of hydrogen-bond donors (Lipinski definition) is 2. The third kappa shape index (κ3) is 7.25. The summed E-state index contributed by atoms with van der Waals surface area (Å²) < 4.78 is 39.3. The fourth-order valence-corrected chi connectivity index (χ4v) is 2.54. The van der Waals surface area contributed by atoms with Gasteiger partial charge in [0.2, 0.25) is 5.91 Å². The van der Waals surface area contributed by atoms with Crippen molar-refractivity contribution in [2.24, 2.45) is 0 Å². The van der Waals surface area contributed by atoms with Gasteiger partial charge in [0.15, 0.2) is 0 Å². The largest absolute Gasteiger partial charge is 0.462 e. The van der Waals surface area contributed by atoms with Crippen LogP contribution in [0.15, 0.2) is 42.5 Å². The summed E-state index contributed by atoms with van der Waals surface area (Å²) in [5, 5.41) is 5.24. The zero-order valence-corrected chi connectivity index (χ0v) is 16.9. The van der Waals surface area contributed by atoms with E-state index in [0.29, 0.717) is 5.69 Å². The van der Waals surface area contributed by atoms with E-state index in [4.69, 9.17) is 9.47 Å². The number of para-hydroxylation sites is 2. The first-order valence-electron chi connectivity index (χ1n) is 9.40. The van der Waals surface area contributed by atoms with Crippen molar-refractivity contribution in [3.63, 3.8) is 0 Å². The van der Waals surface area contributed by atoms with Crippen molar-refractivity contribution >= 4 is 29.2 Å². The summed E-state index contributed by atoms with van der Waals surface area (Å²) in [4.78, 5) is 36.4. The molecule has 0 saturated heterocycles. The number of anilines is 2. The third-order valence-electron chi connectivity index (χ3n) is 3.79. The van der Waals surface area contributed by atoms with Gasteiger partial charge in [0, 0.05) is 5.69 Å². The molecule has 10 heteroatoms. The Kier molecular flexibility index (Phi) is 8.74. The Hall–Kier alpha value is -3.69. The van der Waals surface area contributed by atoms with E-state index in [1.165, 1.54) is 36.4 Å². The van der Waals surface area contributed by atoms with Crippen LogP contribution in [-0.4, -0.2) is 44.2 Å². The summed E-state index contributed by atoms with van der Waals surface area (Å²) in [6.45, 7) is 0.264. The first kappa shape index (κ1) is 23.6. The normalized spacial score (nSPS) is 10.4. The minimum atomic E-state index is -3.04. The summed E-state index contributed by atoms with van der Waals surface area (Å²) in [5.74, 6) is -2.03. The van der Waals surface area contributed by atoms with E-state index in [1.807, 2.05) is 0 Å². The average molecular weight is 436 g/mol. The molecule has 2 N–H and O–H groups in total. The summed E-state index contributed by atoms with van der Waals surface area (Å²) >= 11 is 0. The average Bonchev–Trinajstić information content (AvgIpc) is 2.73. The van der Waals surface area contributed by atoms with Crippen molar-refractivity contribution in [2.45, 2.75) is 20.5 Å². The van der Waals surface area contributed by atoms with E-state index in [1.54, 1.807) is 19.9 Å². The molecule has 2 aromatic rings. The minimum Gasteiger partial charge on any atom is -0.462 e. The number of carbonyl (C=O) groups is 3. The van der Waals surface area contributed by atoms with E-state index < -0.39 is 24.5 Å². The van der Waals surface area contributed by atoms with Crippen molar-refractivity contribution in [1.82, 2.24) is 0 Å². The number of carbonyl (C=O) groups excluding carboxylic acids is 3. The Bertz CT molecular complexity index is 900. The molecule has 0 radical (unpaired) electrons. The number of alkyl halides is 2. The van der Waals surface area contributed by atoms with Crippen molar-refractivity contribution in [2.75, 3.05) is 30.4 Å².